The molecular weight excluding hydrogens is 260 g/mol. The van der Waals surface area contributed by atoms with Gasteiger partial charge in [0.25, 0.3) is 0 Å². The van der Waals surface area contributed by atoms with Gasteiger partial charge in [0.1, 0.15) is 0 Å². The van der Waals surface area contributed by atoms with Crippen molar-refractivity contribution < 1.29 is 4.79 Å². The molecule has 0 radical (unpaired) electrons. The Morgan fingerprint density at radius 3 is 2.58 bits per heavy atom. The predicted octanol–water partition coefficient (Wildman–Crippen LogP) is 3.00. The first-order chi connectivity index (χ1) is 9.08. The first kappa shape index (κ1) is 14.4. The van der Waals surface area contributed by atoms with Crippen molar-refractivity contribution in [1.29, 1.82) is 0 Å². The maximum absolute atomic E-state index is 11.3. The lowest BCUT2D eigenvalue weighted by Gasteiger charge is -2.33. The van der Waals surface area contributed by atoms with E-state index in [9.17, 15) is 4.79 Å². The number of amides is 1. The highest BCUT2D eigenvalue weighted by atomic mass is 35.5. The maximum Gasteiger partial charge on any atom is 0.219 e. The molecule has 1 amide bonds. The van der Waals surface area contributed by atoms with Crippen LogP contribution in [0.15, 0.2) is 24.3 Å². The number of halogens is 1. The Balaban J connectivity index is 1.89. The number of carbonyl (C=O) groups is 1. The summed E-state index contributed by atoms with van der Waals surface area (Å²) in [6, 6.07) is 8.64. The number of hydrogen-bond acceptors (Lipinski definition) is 2. The van der Waals surface area contributed by atoms with Gasteiger partial charge >= 0.3 is 0 Å². The van der Waals surface area contributed by atoms with Crippen LogP contribution in [0, 0.1) is 0 Å². The molecule has 1 heterocycles. The van der Waals surface area contributed by atoms with Crippen LogP contribution in [0.4, 0.5) is 0 Å². The molecule has 1 aliphatic heterocycles. The fourth-order valence-electron chi connectivity index (χ4n) is 2.63. The van der Waals surface area contributed by atoms with Gasteiger partial charge in [0.05, 0.1) is 0 Å². The standard InChI is InChI=1S/C15H21ClN2O/c1-11(14-5-3-4-6-15(14)16)17-13-7-9-18(10-8-13)12(2)19/h3-6,11,13,17H,7-10H2,1-2H3/t11-/m1/s1. The molecule has 0 bridgehead atoms. The predicted molar refractivity (Wildman–Crippen MR) is 78.3 cm³/mol. The van der Waals surface area contributed by atoms with Gasteiger partial charge in [0, 0.05) is 37.1 Å². The van der Waals surface area contributed by atoms with Crippen LogP contribution in [0.25, 0.3) is 0 Å². The number of nitrogens with zero attached hydrogens (tertiary/aromatic N) is 1. The summed E-state index contributed by atoms with van der Waals surface area (Å²) in [6.07, 6.45) is 2.02. The minimum atomic E-state index is 0.178. The highest BCUT2D eigenvalue weighted by Gasteiger charge is 2.22. The van der Waals surface area contributed by atoms with E-state index in [4.69, 9.17) is 11.6 Å². The van der Waals surface area contributed by atoms with E-state index in [1.807, 2.05) is 23.1 Å². The summed E-state index contributed by atoms with van der Waals surface area (Å²) in [7, 11) is 0. The highest BCUT2D eigenvalue weighted by Crippen LogP contribution is 2.24. The Morgan fingerprint density at radius 2 is 2.00 bits per heavy atom. The van der Waals surface area contributed by atoms with Crippen molar-refractivity contribution in [2.45, 2.75) is 38.8 Å². The lowest BCUT2D eigenvalue weighted by Crippen LogP contribution is -2.44. The Labute approximate surface area is 119 Å². The third-order valence-electron chi connectivity index (χ3n) is 3.80. The molecule has 1 atom stereocenters. The first-order valence-electron chi connectivity index (χ1n) is 6.84. The Bertz CT molecular complexity index is 442. The second kappa shape index (κ2) is 6.40. The summed E-state index contributed by atoms with van der Waals surface area (Å²) in [4.78, 5) is 13.2. The van der Waals surface area contributed by atoms with Crippen molar-refractivity contribution in [3.8, 4) is 0 Å². The zero-order chi connectivity index (χ0) is 13.8. The van der Waals surface area contributed by atoms with Crippen LogP contribution in [-0.2, 0) is 4.79 Å². The van der Waals surface area contributed by atoms with Gasteiger partial charge in [-0.15, -0.1) is 0 Å². The van der Waals surface area contributed by atoms with Gasteiger partial charge in [-0.3, -0.25) is 4.79 Å². The van der Waals surface area contributed by atoms with E-state index in [0.29, 0.717) is 6.04 Å². The number of likely N-dealkylation sites (tertiary alicyclic amines) is 1. The fourth-order valence-corrected chi connectivity index (χ4v) is 2.93. The van der Waals surface area contributed by atoms with Crippen LogP contribution in [-0.4, -0.2) is 29.9 Å². The lowest BCUT2D eigenvalue weighted by atomic mass is 10.0. The van der Waals surface area contributed by atoms with Crippen molar-refractivity contribution in [3.63, 3.8) is 0 Å². The van der Waals surface area contributed by atoms with Gasteiger partial charge in [-0.05, 0) is 31.4 Å². The zero-order valence-corrected chi connectivity index (χ0v) is 12.3. The third-order valence-corrected chi connectivity index (χ3v) is 4.14. The average molecular weight is 281 g/mol. The number of rotatable bonds is 3. The Hall–Kier alpha value is -1.06. The first-order valence-corrected chi connectivity index (χ1v) is 7.21. The van der Waals surface area contributed by atoms with Crippen molar-refractivity contribution in [2.24, 2.45) is 0 Å². The molecule has 104 valence electrons. The molecule has 0 aromatic heterocycles. The SMILES string of the molecule is CC(=O)N1CCC(N[C@H](C)c2ccccc2Cl)CC1. The van der Waals surface area contributed by atoms with Crippen molar-refractivity contribution >= 4 is 17.5 Å². The molecule has 4 heteroatoms. The van der Waals surface area contributed by atoms with E-state index in [1.54, 1.807) is 6.92 Å². The maximum atomic E-state index is 11.3. The monoisotopic (exact) mass is 280 g/mol. The molecule has 2 rings (SSSR count). The summed E-state index contributed by atoms with van der Waals surface area (Å²) in [5.41, 5.74) is 1.14. The molecule has 1 aliphatic rings. The third kappa shape index (κ3) is 3.71. The molecule has 1 aromatic rings. The van der Waals surface area contributed by atoms with Gasteiger partial charge in [0.15, 0.2) is 0 Å². The van der Waals surface area contributed by atoms with E-state index in [2.05, 4.69) is 18.3 Å². The Kier molecular flexibility index (Phi) is 4.83. The van der Waals surface area contributed by atoms with Crippen molar-refractivity contribution in [1.82, 2.24) is 10.2 Å². The van der Waals surface area contributed by atoms with E-state index >= 15 is 0 Å². The summed E-state index contributed by atoms with van der Waals surface area (Å²) in [6.45, 7) is 5.48. The Morgan fingerprint density at radius 1 is 1.37 bits per heavy atom. The molecule has 0 spiro atoms. The number of carbonyl (C=O) groups excluding carboxylic acids is 1. The number of nitrogens with one attached hydrogen (secondary N) is 1. The topological polar surface area (TPSA) is 32.3 Å². The van der Waals surface area contributed by atoms with Crippen LogP contribution < -0.4 is 5.32 Å². The summed E-state index contributed by atoms with van der Waals surface area (Å²) < 4.78 is 0. The highest BCUT2D eigenvalue weighted by molar-refractivity contribution is 6.31. The zero-order valence-electron chi connectivity index (χ0n) is 11.5. The molecule has 1 fully saturated rings. The molecule has 0 unspecified atom stereocenters. The average Bonchev–Trinajstić information content (AvgIpc) is 2.39. The molecule has 3 nitrogen and oxygen atoms in total. The smallest absolute Gasteiger partial charge is 0.219 e. The quantitative estimate of drug-likeness (QED) is 0.923. The normalized spacial score (nSPS) is 18.4. The number of piperidine rings is 1. The van der Waals surface area contributed by atoms with Crippen molar-refractivity contribution in [2.75, 3.05) is 13.1 Å². The lowest BCUT2D eigenvalue weighted by molar-refractivity contribution is -0.129. The summed E-state index contributed by atoms with van der Waals surface area (Å²) in [5.74, 6) is 0.178. The molecule has 1 N–H and O–H groups in total. The molecule has 0 aliphatic carbocycles. The van der Waals surface area contributed by atoms with E-state index in [0.717, 1.165) is 36.5 Å². The van der Waals surface area contributed by atoms with Crippen LogP contribution in [0.1, 0.15) is 38.3 Å². The minimum Gasteiger partial charge on any atom is -0.343 e. The second-order valence-electron chi connectivity index (χ2n) is 5.19. The van der Waals surface area contributed by atoms with Crippen LogP contribution >= 0.6 is 11.6 Å². The molecule has 1 saturated heterocycles. The number of benzene rings is 1. The molecule has 19 heavy (non-hydrogen) atoms. The molecule has 0 saturated carbocycles. The molecular formula is C15H21ClN2O. The largest absolute Gasteiger partial charge is 0.343 e. The van der Waals surface area contributed by atoms with E-state index in [1.165, 1.54) is 0 Å². The summed E-state index contributed by atoms with van der Waals surface area (Å²) in [5, 5.41) is 4.42. The van der Waals surface area contributed by atoms with E-state index < -0.39 is 0 Å². The van der Waals surface area contributed by atoms with Crippen LogP contribution in [0.5, 0.6) is 0 Å². The van der Waals surface area contributed by atoms with Crippen LogP contribution in [0.3, 0.4) is 0 Å². The number of hydrogen-bond donors (Lipinski definition) is 1. The van der Waals surface area contributed by atoms with Gasteiger partial charge in [0.2, 0.25) is 5.91 Å². The summed E-state index contributed by atoms with van der Waals surface area (Å²) >= 11 is 6.21. The van der Waals surface area contributed by atoms with Gasteiger partial charge in [-0.25, -0.2) is 0 Å². The van der Waals surface area contributed by atoms with Gasteiger partial charge in [-0.2, -0.15) is 0 Å². The fraction of sp³-hybridized carbons (Fsp3) is 0.533. The van der Waals surface area contributed by atoms with Crippen LogP contribution in [0.2, 0.25) is 5.02 Å². The van der Waals surface area contributed by atoms with Crippen molar-refractivity contribution in [3.05, 3.63) is 34.9 Å². The molecule has 1 aromatic carbocycles. The van der Waals surface area contributed by atoms with E-state index in [-0.39, 0.29) is 11.9 Å². The second-order valence-corrected chi connectivity index (χ2v) is 5.60. The minimum absolute atomic E-state index is 0.178. The van der Waals surface area contributed by atoms with Gasteiger partial charge < -0.3 is 10.2 Å². The van der Waals surface area contributed by atoms with Gasteiger partial charge in [-0.1, -0.05) is 29.8 Å².